The monoisotopic (exact) mass is 288 g/mol. The third-order valence-corrected chi connectivity index (χ3v) is 3.55. The minimum absolute atomic E-state index is 0.245. The van der Waals surface area contributed by atoms with Crippen molar-refractivity contribution in [2.24, 2.45) is 5.92 Å². The molecule has 1 heterocycles. The molecule has 0 radical (unpaired) electrons. The van der Waals surface area contributed by atoms with Gasteiger partial charge in [-0.25, -0.2) is 4.39 Å². The first-order valence-electron chi connectivity index (χ1n) is 5.35. The Morgan fingerprint density at radius 1 is 1.50 bits per heavy atom. The molecule has 1 unspecified atom stereocenters. The van der Waals surface area contributed by atoms with E-state index in [-0.39, 0.29) is 5.82 Å². The first kappa shape index (κ1) is 12.0. The van der Waals surface area contributed by atoms with Gasteiger partial charge in [-0.05, 0) is 34.0 Å². The summed E-state index contributed by atoms with van der Waals surface area (Å²) in [4.78, 5) is 0. The van der Waals surface area contributed by atoms with Gasteiger partial charge in [-0.3, -0.25) is 0 Å². The summed E-state index contributed by atoms with van der Waals surface area (Å²) in [6.45, 7) is 2.74. The van der Waals surface area contributed by atoms with Crippen LogP contribution in [0.4, 0.5) is 4.39 Å². The van der Waals surface area contributed by atoms with Gasteiger partial charge in [0.15, 0.2) is 0 Å². The molecule has 16 heavy (non-hydrogen) atoms. The first-order valence-corrected chi connectivity index (χ1v) is 6.15. The highest BCUT2D eigenvalue weighted by Gasteiger charge is 2.15. The molecule has 88 valence electrons. The lowest BCUT2D eigenvalue weighted by atomic mass is 10.1. The average Bonchev–Trinajstić information content (AvgIpc) is 2.77. The van der Waals surface area contributed by atoms with Crippen LogP contribution in [-0.4, -0.2) is 19.8 Å². The molecule has 0 spiro atoms. The van der Waals surface area contributed by atoms with Crippen LogP contribution >= 0.6 is 15.9 Å². The molecule has 1 aromatic rings. The zero-order valence-electron chi connectivity index (χ0n) is 8.92. The van der Waals surface area contributed by atoms with Gasteiger partial charge in [0, 0.05) is 12.5 Å². The van der Waals surface area contributed by atoms with Gasteiger partial charge in [-0.1, -0.05) is 12.1 Å². The zero-order valence-corrected chi connectivity index (χ0v) is 10.5. The molecule has 2 rings (SSSR count). The third-order valence-electron chi connectivity index (χ3n) is 2.67. The Balaban J connectivity index is 1.82. The minimum atomic E-state index is -0.245. The number of ether oxygens (including phenoxy) is 2. The van der Waals surface area contributed by atoms with E-state index in [2.05, 4.69) is 15.9 Å². The molecular weight excluding hydrogens is 275 g/mol. The lowest BCUT2D eigenvalue weighted by Gasteiger charge is -2.10. The van der Waals surface area contributed by atoms with Crippen molar-refractivity contribution >= 4 is 15.9 Å². The van der Waals surface area contributed by atoms with Gasteiger partial charge in [0.25, 0.3) is 0 Å². The zero-order chi connectivity index (χ0) is 11.4. The predicted octanol–water partition coefficient (Wildman–Crippen LogP) is 3.14. The molecule has 4 heteroatoms. The number of benzene rings is 1. The molecule has 1 saturated heterocycles. The summed E-state index contributed by atoms with van der Waals surface area (Å²) in [5.41, 5.74) is 0.846. The van der Waals surface area contributed by atoms with Crippen molar-refractivity contribution in [3.8, 4) is 0 Å². The predicted molar refractivity (Wildman–Crippen MR) is 62.7 cm³/mol. The van der Waals surface area contributed by atoms with Crippen LogP contribution in [0.2, 0.25) is 0 Å². The van der Waals surface area contributed by atoms with Gasteiger partial charge in [-0.2, -0.15) is 0 Å². The quantitative estimate of drug-likeness (QED) is 0.847. The topological polar surface area (TPSA) is 18.5 Å². The summed E-state index contributed by atoms with van der Waals surface area (Å²) in [6.07, 6.45) is 1.06. The highest BCUT2D eigenvalue weighted by molar-refractivity contribution is 9.10. The summed E-state index contributed by atoms with van der Waals surface area (Å²) in [6, 6.07) is 4.98. The average molecular weight is 289 g/mol. The molecule has 2 nitrogen and oxygen atoms in total. The smallest absolute Gasteiger partial charge is 0.137 e. The number of rotatable bonds is 4. The minimum Gasteiger partial charge on any atom is -0.381 e. The standard InChI is InChI=1S/C12H14BrFO2/c13-12-10(2-1-3-11(12)14)8-16-7-9-4-5-15-6-9/h1-3,9H,4-8H2. The second-order valence-corrected chi connectivity index (χ2v) is 4.75. The van der Waals surface area contributed by atoms with Crippen LogP contribution in [0.15, 0.2) is 22.7 Å². The van der Waals surface area contributed by atoms with E-state index in [0.29, 0.717) is 23.6 Å². The highest BCUT2D eigenvalue weighted by atomic mass is 79.9. The number of hydrogen-bond acceptors (Lipinski definition) is 2. The molecule has 0 N–H and O–H groups in total. The van der Waals surface area contributed by atoms with E-state index in [0.717, 1.165) is 25.2 Å². The van der Waals surface area contributed by atoms with Gasteiger partial charge in [0.1, 0.15) is 5.82 Å². The fraction of sp³-hybridized carbons (Fsp3) is 0.500. The molecular formula is C12H14BrFO2. The van der Waals surface area contributed by atoms with Crippen LogP contribution in [0.1, 0.15) is 12.0 Å². The summed E-state index contributed by atoms with van der Waals surface area (Å²) in [5.74, 6) is 0.248. The van der Waals surface area contributed by atoms with Gasteiger partial charge in [0.05, 0.1) is 24.3 Å². The summed E-state index contributed by atoms with van der Waals surface area (Å²) < 4.78 is 24.5. The second-order valence-electron chi connectivity index (χ2n) is 3.96. The van der Waals surface area contributed by atoms with Crippen molar-refractivity contribution in [2.45, 2.75) is 13.0 Å². The maximum absolute atomic E-state index is 13.2. The van der Waals surface area contributed by atoms with E-state index < -0.39 is 0 Å². The summed E-state index contributed by atoms with van der Waals surface area (Å²) in [7, 11) is 0. The molecule has 1 atom stereocenters. The molecule has 0 amide bonds. The normalized spacial score (nSPS) is 20.2. The second kappa shape index (κ2) is 5.75. The van der Waals surface area contributed by atoms with E-state index in [1.54, 1.807) is 6.07 Å². The Bertz CT molecular complexity index is 351. The van der Waals surface area contributed by atoms with Crippen molar-refractivity contribution in [2.75, 3.05) is 19.8 Å². The van der Waals surface area contributed by atoms with Crippen LogP contribution in [0.3, 0.4) is 0 Å². The Hall–Kier alpha value is -0.450. The lowest BCUT2D eigenvalue weighted by Crippen LogP contribution is -2.09. The van der Waals surface area contributed by atoms with Crippen LogP contribution in [-0.2, 0) is 16.1 Å². The maximum atomic E-state index is 13.2. The Morgan fingerprint density at radius 2 is 2.38 bits per heavy atom. The first-order chi connectivity index (χ1) is 7.77. The molecule has 1 fully saturated rings. The van der Waals surface area contributed by atoms with E-state index in [1.807, 2.05) is 6.07 Å². The number of halogens is 2. The molecule has 0 aliphatic carbocycles. The fourth-order valence-corrected chi connectivity index (χ4v) is 2.09. The lowest BCUT2D eigenvalue weighted by molar-refractivity contribution is 0.0787. The van der Waals surface area contributed by atoms with Crippen molar-refractivity contribution in [1.29, 1.82) is 0 Å². The Morgan fingerprint density at radius 3 is 3.12 bits per heavy atom. The van der Waals surface area contributed by atoms with E-state index in [4.69, 9.17) is 9.47 Å². The fourth-order valence-electron chi connectivity index (χ4n) is 1.71. The Kier molecular flexibility index (Phi) is 4.32. The van der Waals surface area contributed by atoms with Gasteiger partial charge < -0.3 is 9.47 Å². The van der Waals surface area contributed by atoms with Gasteiger partial charge >= 0.3 is 0 Å². The summed E-state index contributed by atoms with van der Waals surface area (Å²) >= 11 is 3.21. The van der Waals surface area contributed by atoms with Crippen molar-refractivity contribution < 1.29 is 13.9 Å². The van der Waals surface area contributed by atoms with Crippen LogP contribution in [0.25, 0.3) is 0 Å². The van der Waals surface area contributed by atoms with Crippen molar-refractivity contribution in [3.63, 3.8) is 0 Å². The van der Waals surface area contributed by atoms with Crippen LogP contribution in [0, 0.1) is 11.7 Å². The largest absolute Gasteiger partial charge is 0.381 e. The molecule has 1 aromatic carbocycles. The highest BCUT2D eigenvalue weighted by Crippen LogP contribution is 2.21. The van der Waals surface area contributed by atoms with Crippen LogP contribution in [0.5, 0.6) is 0 Å². The Labute approximate surface area is 103 Å². The van der Waals surface area contributed by atoms with E-state index >= 15 is 0 Å². The van der Waals surface area contributed by atoms with Crippen molar-refractivity contribution in [1.82, 2.24) is 0 Å². The van der Waals surface area contributed by atoms with Crippen molar-refractivity contribution in [3.05, 3.63) is 34.1 Å². The SMILES string of the molecule is Fc1cccc(COCC2CCOC2)c1Br. The third kappa shape index (κ3) is 3.03. The maximum Gasteiger partial charge on any atom is 0.137 e. The van der Waals surface area contributed by atoms with E-state index in [1.165, 1.54) is 6.07 Å². The molecule has 1 aliphatic rings. The van der Waals surface area contributed by atoms with Gasteiger partial charge in [0.2, 0.25) is 0 Å². The molecule has 1 aliphatic heterocycles. The summed E-state index contributed by atoms with van der Waals surface area (Å²) in [5, 5.41) is 0. The number of hydrogen-bond donors (Lipinski definition) is 0. The molecule has 0 bridgehead atoms. The van der Waals surface area contributed by atoms with Crippen LogP contribution < -0.4 is 0 Å². The molecule has 0 aromatic heterocycles. The van der Waals surface area contributed by atoms with E-state index in [9.17, 15) is 4.39 Å². The van der Waals surface area contributed by atoms with Gasteiger partial charge in [-0.15, -0.1) is 0 Å². The molecule has 0 saturated carbocycles.